The molecule has 2 rings (SSSR count). The number of hydrogen-bond donors (Lipinski definition) is 2. The zero-order chi connectivity index (χ0) is 17.9. The monoisotopic (exact) mass is 332 g/mol. The molecular weight excluding hydrogens is 308 g/mol. The first-order valence-corrected chi connectivity index (χ1v) is 8.15. The minimum Gasteiger partial charge on any atom is -0.444 e. The first kappa shape index (κ1) is 18.0. The fraction of sp³-hybridized carbons (Fsp3) is 0.588. The summed E-state index contributed by atoms with van der Waals surface area (Å²) in [4.78, 5) is 25.8. The highest BCUT2D eigenvalue weighted by Gasteiger charge is 2.29. The van der Waals surface area contributed by atoms with Crippen LogP contribution in [0.1, 0.15) is 43.6 Å². The van der Waals surface area contributed by atoms with Crippen LogP contribution < -0.4 is 10.6 Å². The molecular formula is C17H24N4O3. The third kappa shape index (κ3) is 3.95. The molecule has 0 aliphatic carbocycles. The molecule has 0 bridgehead atoms. The van der Waals surface area contributed by atoms with E-state index in [1.165, 1.54) is 6.92 Å². The highest BCUT2D eigenvalue weighted by atomic mass is 16.4. The van der Waals surface area contributed by atoms with Crippen LogP contribution in [0, 0.1) is 25.2 Å². The number of nitriles is 1. The van der Waals surface area contributed by atoms with Crippen molar-refractivity contribution in [2.24, 2.45) is 0 Å². The van der Waals surface area contributed by atoms with Crippen LogP contribution in [0.3, 0.4) is 0 Å². The van der Waals surface area contributed by atoms with Crippen molar-refractivity contribution < 1.29 is 14.0 Å². The predicted octanol–water partition coefficient (Wildman–Crippen LogP) is 1.70. The van der Waals surface area contributed by atoms with Gasteiger partial charge in [-0.25, -0.2) is 0 Å². The Kier molecular flexibility index (Phi) is 5.62. The molecule has 1 saturated heterocycles. The van der Waals surface area contributed by atoms with Gasteiger partial charge in [0.15, 0.2) is 0 Å². The number of carbonyl (C=O) groups excluding carboxylic acids is 2. The van der Waals surface area contributed by atoms with Crippen LogP contribution in [0.2, 0.25) is 0 Å². The number of amides is 2. The molecule has 2 N–H and O–H groups in total. The molecule has 0 saturated carbocycles. The summed E-state index contributed by atoms with van der Waals surface area (Å²) in [5, 5.41) is 14.8. The van der Waals surface area contributed by atoms with Gasteiger partial charge >= 0.3 is 0 Å². The molecule has 130 valence electrons. The smallest absolute Gasteiger partial charge is 0.243 e. The lowest BCUT2D eigenvalue weighted by atomic mass is 10.0. The number of anilines is 1. The number of furan rings is 1. The van der Waals surface area contributed by atoms with E-state index < -0.39 is 0 Å². The number of nitrogens with zero attached hydrogens (tertiary/aromatic N) is 2. The lowest BCUT2D eigenvalue weighted by Crippen LogP contribution is -2.52. The Balaban J connectivity index is 2.03. The lowest BCUT2D eigenvalue weighted by Gasteiger charge is -2.36. The topological polar surface area (TPSA) is 98.4 Å². The van der Waals surface area contributed by atoms with Crippen molar-refractivity contribution in [1.29, 1.82) is 5.26 Å². The summed E-state index contributed by atoms with van der Waals surface area (Å²) < 4.78 is 5.49. The van der Waals surface area contributed by atoms with E-state index in [1.807, 2.05) is 11.8 Å². The maximum absolute atomic E-state index is 12.5. The molecule has 2 heterocycles. The molecule has 1 aliphatic heterocycles. The quantitative estimate of drug-likeness (QED) is 0.874. The molecule has 7 nitrogen and oxygen atoms in total. The number of piperidine rings is 1. The van der Waals surface area contributed by atoms with Crippen molar-refractivity contribution in [2.45, 2.75) is 52.6 Å². The maximum Gasteiger partial charge on any atom is 0.243 e. The van der Waals surface area contributed by atoms with Gasteiger partial charge in [-0.3, -0.25) is 19.8 Å². The highest BCUT2D eigenvalue weighted by molar-refractivity contribution is 5.94. The molecule has 2 atom stereocenters. The Bertz CT molecular complexity index is 674. The summed E-state index contributed by atoms with van der Waals surface area (Å²) in [6.07, 6.45) is 1.84. The van der Waals surface area contributed by atoms with Crippen molar-refractivity contribution in [1.82, 2.24) is 10.2 Å². The van der Waals surface area contributed by atoms with Crippen LogP contribution in [-0.2, 0) is 9.59 Å². The molecule has 1 aliphatic rings. The molecule has 24 heavy (non-hydrogen) atoms. The van der Waals surface area contributed by atoms with Gasteiger partial charge in [0.2, 0.25) is 17.7 Å². The number of likely N-dealkylation sites (tertiary alicyclic amines) is 1. The molecule has 0 radical (unpaired) electrons. The Morgan fingerprint density at radius 2 is 2.12 bits per heavy atom. The van der Waals surface area contributed by atoms with Gasteiger partial charge in [0, 0.05) is 25.1 Å². The van der Waals surface area contributed by atoms with Crippen LogP contribution in [0.25, 0.3) is 0 Å². The second-order valence-corrected chi connectivity index (χ2v) is 6.30. The van der Waals surface area contributed by atoms with Crippen LogP contribution >= 0.6 is 0 Å². The summed E-state index contributed by atoms with van der Waals surface area (Å²) in [6, 6.07) is 1.76. The highest BCUT2D eigenvalue weighted by Crippen LogP contribution is 2.25. The van der Waals surface area contributed by atoms with Crippen molar-refractivity contribution >= 4 is 17.7 Å². The summed E-state index contributed by atoms with van der Waals surface area (Å²) >= 11 is 0. The SMILES string of the molecule is CC(=O)NC1CCCN(C(C)C(=O)Nc2oc(C)c(C)c2C#N)C1. The Hall–Kier alpha value is -2.33. The number of rotatable bonds is 4. The molecule has 1 aromatic heterocycles. The summed E-state index contributed by atoms with van der Waals surface area (Å²) in [5.74, 6) is 0.556. The molecule has 0 aromatic carbocycles. The third-order valence-corrected chi connectivity index (χ3v) is 4.52. The Labute approximate surface area is 142 Å². The molecule has 2 unspecified atom stereocenters. The van der Waals surface area contributed by atoms with Gasteiger partial charge in [0.05, 0.1) is 6.04 Å². The zero-order valence-corrected chi connectivity index (χ0v) is 14.6. The van der Waals surface area contributed by atoms with Crippen LogP contribution in [0.4, 0.5) is 5.88 Å². The van der Waals surface area contributed by atoms with Gasteiger partial charge in [-0.1, -0.05) is 0 Å². The van der Waals surface area contributed by atoms with E-state index in [0.29, 0.717) is 17.9 Å². The molecule has 7 heteroatoms. The molecule has 2 amide bonds. The fourth-order valence-corrected chi connectivity index (χ4v) is 3.00. The lowest BCUT2D eigenvalue weighted by molar-refractivity contribution is -0.121. The predicted molar refractivity (Wildman–Crippen MR) is 89.4 cm³/mol. The maximum atomic E-state index is 12.5. The van der Waals surface area contributed by atoms with Gasteiger partial charge in [0.1, 0.15) is 17.4 Å². The van der Waals surface area contributed by atoms with E-state index in [9.17, 15) is 14.9 Å². The summed E-state index contributed by atoms with van der Waals surface area (Å²) in [5.41, 5.74) is 1.10. The van der Waals surface area contributed by atoms with E-state index in [0.717, 1.165) is 24.9 Å². The van der Waals surface area contributed by atoms with Crippen molar-refractivity contribution in [3.63, 3.8) is 0 Å². The number of aryl methyl sites for hydroxylation is 1. The normalized spacial score (nSPS) is 19.4. The van der Waals surface area contributed by atoms with Gasteiger partial charge in [-0.15, -0.1) is 0 Å². The summed E-state index contributed by atoms with van der Waals surface area (Å²) in [6.45, 7) is 8.30. The van der Waals surface area contributed by atoms with Crippen molar-refractivity contribution in [3.05, 3.63) is 16.9 Å². The standard InChI is InChI=1S/C17H24N4O3/c1-10-12(3)24-17(15(10)8-18)20-16(23)11(2)21-7-5-6-14(9-21)19-13(4)22/h11,14H,5-7,9H2,1-4H3,(H,19,22)(H,20,23). The largest absolute Gasteiger partial charge is 0.444 e. The summed E-state index contributed by atoms with van der Waals surface area (Å²) in [7, 11) is 0. The van der Waals surface area contributed by atoms with E-state index in [4.69, 9.17) is 4.42 Å². The second-order valence-electron chi connectivity index (χ2n) is 6.30. The van der Waals surface area contributed by atoms with E-state index in [2.05, 4.69) is 16.7 Å². The first-order chi connectivity index (χ1) is 11.3. The van der Waals surface area contributed by atoms with Gasteiger partial charge < -0.3 is 9.73 Å². The average molecular weight is 332 g/mol. The Morgan fingerprint density at radius 1 is 1.42 bits per heavy atom. The number of hydrogen-bond acceptors (Lipinski definition) is 5. The van der Waals surface area contributed by atoms with Crippen LogP contribution in [-0.4, -0.2) is 41.9 Å². The number of nitrogens with one attached hydrogen (secondary N) is 2. The third-order valence-electron chi connectivity index (χ3n) is 4.52. The van der Waals surface area contributed by atoms with Gasteiger partial charge in [-0.2, -0.15) is 5.26 Å². The average Bonchev–Trinajstić information content (AvgIpc) is 2.79. The zero-order valence-electron chi connectivity index (χ0n) is 14.6. The van der Waals surface area contributed by atoms with Gasteiger partial charge in [0.25, 0.3) is 0 Å². The molecule has 1 fully saturated rings. The van der Waals surface area contributed by atoms with E-state index >= 15 is 0 Å². The molecule has 0 spiro atoms. The van der Waals surface area contributed by atoms with Crippen LogP contribution in [0.5, 0.6) is 0 Å². The fourth-order valence-electron chi connectivity index (χ4n) is 3.00. The van der Waals surface area contributed by atoms with Crippen LogP contribution in [0.15, 0.2) is 4.42 Å². The van der Waals surface area contributed by atoms with E-state index in [-0.39, 0.29) is 29.8 Å². The van der Waals surface area contributed by atoms with E-state index in [1.54, 1.807) is 13.8 Å². The molecule has 1 aromatic rings. The van der Waals surface area contributed by atoms with Crippen molar-refractivity contribution in [2.75, 3.05) is 18.4 Å². The van der Waals surface area contributed by atoms with Crippen molar-refractivity contribution in [3.8, 4) is 6.07 Å². The number of carbonyl (C=O) groups is 2. The first-order valence-electron chi connectivity index (χ1n) is 8.15. The van der Waals surface area contributed by atoms with Gasteiger partial charge in [-0.05, 0) is 40.2 Å². The minimum atomic E-state index is -0.376. The minimum absolute atomic E-state index is 0.0563. The second kappa shape index (κ2) is 7.49. The Morgan fingerprint density at radius 3 is 2.75 bits per heavy atom.